The molecular formula is C16H16N4O. The monoisotopic (exact) mass is 280 g/mol. The number of pyridine rings is 1. The Morgan fingerprint density at radius 3 is 3.10 bits per heavy atom. The maximum absolute atomic E-state index is 5.70. The largest absolute Gasteiger partial charge is 0.493 e. The van der Waals surface area contributed by atoms with E-state index in [4.69, 9.17) is 4.74 Å². The minimum Gasteiger partial charge on any atom is -0.493 e. The molecule has 1 N–H and O–H groups in total. The zero-order chi connectivity index (χ0) is 14.2. The van der Waals surface area contributed by atoms with Crippen LogP contribution >= 0.6 is 0 Å². The second kappa shape index (κ2) is 4.77. The van der Waals surface area contributed by atoms with Gasteiger partial charge in [-0.05, 0) is 12.1 Å². The van der Waals surface area contributed by atoms with Gasteiger partial charge in [0, 0.05) is 25.2 Å². The van der Waals surface area contributed by atoms with E-state index in [0.29, 0.717) is 6.61 Å². The molecule has 0 saturated carbocycles. The first-order chi connectivity index (χ1) is 10.3. The Bertz CT molecular complexity index is 796. The van der Waals surface area contributed by atoms with Gasteiger partial charge in [-0.15, -0.1) is 0 Å². The molecule has 2 aromatic heterocycles. The number of ether oxygens (including phenoxy) is 1. The second-order valence-electron chi connectivity index (χ2n) is 5.25. The van der Waals surface area contributed by atoms with Crippen LogP contribution in [0.25, 0.3) is 11.0 Å². The highest BCUT2D eigenvalue weighted by Gasteiger charge is 2.22. The fourth-order valence-corrected chi connectivity index (χ4v) is 2.82. The van der Waals surface area contributed by atoms with E-state index in [2.05, 4.69) is 21.4 Å². The van der Waals surface area contributed by atoms with Gasteiger partial charge in [0.2, 0.25) is 0 Å². The first kappa shape index (κ1) is 12.2. The fourth-order valence-electron chi connectivity index (χ4n) is 2.82. The number of hydrogen-bond donors (Lipinski definition) is 1. The Morgan fingerprint density at radius 1 is 1.24 bits per heavy atom. The van der Waals surface area contributed by atoms with Crippen molar-refractivity contribution in [2.45, 2.75) is 12.5 Å². The van der Waals surface area contributed by atoms with E-state index in [0.717, 1.165) is 29.0 Å². The molecule has 5 nitrogen and oxygen atoms in total. The molecule has 0 saturated heterocycles. The first-order valence-corrected chi connectivity index (χ1v) is 7.07. The fraction of sp³-hybridized carbons (Fsp3) is 0.250. The molecule has 5 heteroatoms. The summed E-state index contributed by atoms with van der Waals surface area (Å²) in [6.07, 6.45) is 4.55. The smallest absolute Gasteiger partial charge is 0.154 e. The Kier molecular flexibility index (Phi) is 2.77. The molecule has 1 aliphatic heterocycles. The standard InChI is InChI=1S/C16H16N4O/c1-20-10-18-15-13(20)6-8-17-16(15)19-12-7-9-21-14-5-3-2-4-11(12)14/h2-6,8,10,12H,7,9H2,1H3,(H,17,19). The minimum absolute atomic E-state index is 0.204. The number of benzene rings is 1. The topological polar surface area (TPSA) is 52.0 Å². The molecule has 3 aromatic rings. The number of anilines is 1. The molecule has 1 unspecified atom stereocenters. The molecule has 1 atom stereocenters. The highest BCUT2D eigenvalue weighted by atomic mass is 16.5. The zero-order valence-corrected chi connectivity index (χ0v) is 11.8. The number of nitrogens with zero attached hydrogens (tertiary/aromatic N) is 3. The van der Waals surface area contributed by atoms with Crippen LogP contribution in [0.4, 0.5) is 5.82 Å². The van der Waals surface area contributed by atoms with Crippen LogP contribution in [-0.4, -0.2) is 21.1 Å². The molecule has 3 heterocycles. The Balaban J connectivity index is 1.73. The van der Waals surface area contributed by atoms with Crippen LogP contribution in [-0.2, 0) is 7.05 Å². The van der Waals surface area contributed by atoms with Crippen LogP contribution in [0.3, 0.4) is 0 Å². The van der Waals surface area contributed by atoms with Crippen LogP contribution in [0, 0.1) is 0 Å². The number of aryl methyl sites for hydroxylation is 1. The van der Waals surface area contributed by atoms with Crippen molar-refractivity contribution in [3.63, 3.8) is 0 Å². The van der Waals surface area contributed by atoms with Crippen molar-refractivity contribution in [2.75, 3.05) is 11.9 Å². The Labute approximate surface area is 122 Å². The van der Waals surface area contributed by atoms with E-state index in [1.54, 1.807) is 0 Å². The van der Waals surface area contributed by atoms with E-state index in [1.807, 2.05) is 48.4 Å². The van der Waals surface area contributed by atoms with Gasteiger partial charge in [0.15, 0.2) is 5.82 Å². The molecule has 106 valence electrons. The van der Waals surface area contributed by atoms with Gasteiger partial charge < -0.3 is 14.6 Å². The zero-order valence-electron chi connectivity index (χ0n) is 11.8. The number of fused-ring (bicyclic) bond motifs is 2. The molecule has 0 radical (unpaired) electrons. The summed E-state index contributed by atoms with van der Waals surface area (Å²) < 4.78 is 7.70. The van der Waals surface area contributed by atoms with E-state index < -0.39 is 0 Å². The van der Waals surface area contributed by atoms with Crippen molar-refractivity contribution >= 4 is 16.9 Å². The molecule has 0 spiro atoms. The molecule has 0 bridgehead atoms. The number of rotatable bonds is 2. The summed E-state index contributed by atoms with van der Waals surface area (Å²) in [5.74, 6) is 1.78. The van der Waals surface area contributed by atoms with Crippen molar-refractivity contribution in [3.8, 4) is 5.75 Å². The van der Waals surface area contributed by atoms with Crippen LogP contribution < -0.4 is 10.1 Å². The van der Waals surface area contributed by atoms with E-state index >= 15 is 0 Å². The van der Waals surface area contributed by atoms with Crippen molar-refractivity contribution < 1.29 is 4.74 Å². The van der Waals surface area contributed by atoms with Gasteiger partial charge in [-0.3, -0.25) is 0 Å². The Hall–Kier alpha value is -2.56. The van der Waals surface area contributed by atoms with Gasteiger partial charge >= 0.3 is 0 Å². The lowest BCUT2D eigenvalue weighted by molar-refractivity contribution is 0.274. The third-order valence-electron chi connectivity index (χ3n) is 3.91. The predicted molar refractivity (Wildman–Crippen MR) is 81.4 cm³/mol. The SMILES string of the molecule is Cn1cnc2c(NC3CCOc4ccccc43)nccc21. The Morgan fingerprint density at radius 2 is 2.14 bits per heavy atom. The minimum atomic E-state index is 0.204. The lowest BCUT2D eigenvalue weighted by Crippen LogP contribution is -2.20. The lowest BCUT2D eigenvalue weighted by atomic mass is 10.0. The molecule has 1 aliphatic rings. The number of hydrogen-bond acceptors (Lipinski definition) is 4. The van der Waals surface area contributed by atoms with Gasteiger partial charge in [0.25, 0.3) is 0 Å². The van der Waals surface area contributed by atoms with E-state index in [1.165, 1.54) is 5.56 Å². The number of nitrogens with one attached hydrogen (secondary N) is 1. The van der Waals surface area contributed by atoms with Crippen LogP contribution in [0.1, 0.15) is 18.0 Å². The maximum Gasteiger partial charge on any atom is 0.154 e. The van der Waals surface area contributed by atoms with Gasteiger partial charge in [0.1, 0.15) is 11.3 Å². The average molecular weight is 280 g/mol. The maximum atomic E-state index is 5.70. The average Bonchev–Trinajstić information content (AvgIpc) is 2.90. The summed E-state index contributed by atoms with van der Waals surface area (Å²) in [4.78, 5) is 8.91. The molecule has 21 heavy (non-hydrogen) atoms. The highest BCUT2D eigenvalue weighted by Crippen LogP contribution is 2.34. The quantitative estimate of drug-likeness (QED) is 0.784. The number of aromatic nitrogens is 3. The summed E-state index contributed by atoms with van der Waals surface area (Å²) in [5, 5.41) is 3.53. The summed E-state index contributed by atoms with van der Waals surface area (Å²) in [5.41, 5.74) is 3.16. The summed E-state index contributed by atoms with van der Waals surface area (Å²) in [7, 11) is 1.99. The molecule has 4 rings (SSSR count). The molecule has 1 aromatic carbocycles. The van der Waals surface area contributed by atoms with E-state index in [-0.39, 0.29) is 6.04 Å². The molecule has 0 fully saturated rings. The van der Waals surface area contributed by atoms with Gasteiger partial charge in [-0.2, -0.15) is 0 Å². The lowest BCUT2D eigenvalue weighted by Gasteiger charge is -2.27. The van der Waals surface area contributed by atoms with Gasteiger partial charge in [0.05, 0.1) is 24.5 Å². The van der Waals surface area contributed by atoms with Crippen molar-refractivity contribution in [1.82, 2.24) is 14.5 Å². The number of para-hydroxylation sites is 1. The molecular weight excluding hydrogens is 264 g/mol. The third kappa shape index (κ3) is 2.01. The van der Waals surface area contributed by atoms with Gasteiger partial charge in [-0.1, -0.05) is 18.2 Å². The van der Waals surface area contributed by atoms with E-state index in [9.17, 15) is 0 Å². The molecule has 0 amide bonds. The van der Waals surface area contributed by atoms with Crippen LogP contribution in [0.5, 0.6) is 5.75 Å². The van der Waals surface area contributed by atoms with Crippen LogP contribution in [0.2, 0.25) is 0 Å². The van der Waals surface area contributed by atoms with Crippen molar-refractivity contribution in [1.29, 1.82) is 0 Å². The molecule has 0 aliphatic carbocycles. The predicted octanol–water partition coefficient (Wildman–Crippen LogP) is 2.90. The van der Waals surface area contributed by atoms with Crippen molar-refractivity contribution in [3.05, 3.63) is 48.4 Å². The summed E-state index contributed by atoms with van der Waals surface area (Å²) in [6.45, 7) is 0.715. The summed E-state index contributed by atoms with van der Waals surface area (Å²) in [6, 6.07) is 10.3. The van der Waals surface area contributed by atoms with Crippen molar-refractivity contribution in [2.24, 2.45) is 7.05 Å². The normalized spacial score (nSPS) is 17.3. The third-order valence-corrected chi connectivity index (χ3v) is 3.91. The second-order valence-corrected chi connectivity index (χ2v) is 5.25. The number of imidazole rings is 1. The summed E-state index contributed by atoms with van der Waals surface area (Å²) >= 11 is 0. The van der Waals surface area contributed by atoms with Gasteiger partial charge in [-0.25, -0.2) is 9.97 Å². The highest BCUT2D eigenvalue weighted by molar-refractivity contribution is 5.85. The van der Waals surface area contributed by atoms with Crippen LogP contribution in [0.15, 0.2) is 42.9 Å². The first-order valence-electron chi connectivity index (χ1n) is 7.07.